The molecule has 0 saturated heterocycles. The van der Waals surface area contributed by atoms with Crippen molar-refractivity contribution < 1.29 is 9.13 Å². The van der Waals surface area contributed by atoms with Crippen molar-refractivity contribution in [1.29, 1.82) is 0 Å². The van der Waals surface area contributed by atoms with Crippen molar-refractivity contribution in [3.05, 3.63) is 54.3 Å². The summed E-state index contributed by atoms with van der Waals surface area (Å²) in [6.07, 6.45) is 7.90. The fourth-order valence-electron chi connectivity index (χ4n) is 3.88. The number of hydrogen-bond acceptors (Lipinski definition) is 1. The van der Waals surface area contributed by atoms with Gasteiger partial charge in [0.2, 0.25) is 0 Å². The van der Waals surface area contributed by atoms with Crippen molar-refractivity contribution >= 4 is 22.0 Å². The van der Waals surface area contributed by atoms with Gasteiger partial charge >= 0.3 is 170 Å². The summed E-state index contributed by atoms with van der Waals surface area (Å²) in [5.74, 6) is 1.36. The van der Waals surface area contributed by atoms with E-state index in [0.29, 0.717) is 5.75 Å². The molecule has 2 rings (SSSR count). The molecule has 0 aliphatic rings. The van der Waals surface area contributed by atoms with E-state index in [4.69, 9.17) is 4.74 Å². The average Bonchev–Trinajstić information content (AvgIpc) is 2.70. The molecule has 0 N–H and O–H groups in total. The Morgan fingerprint density at radius 2 is 1.30 bits per heavy atom. The molecule has 2 aromatic rings. The van der Waals surface area contributed by atoms with Crippen molar-refractivity contribution in [3.63, 3.8) is 0 Å². The molecule has 148 valence electrons. The normalized spacial score (nSPS) is 11.6. The zero-order valence-electron chi connectivity index (χ0n) is 17.3. The second-order valence-electron chi connectivity index (χ2n) is 7.67. The molecule has 2 aromatic carbocycles. The van der Waals surface area contributed by atoms with Crippen LogP contribution in [0.3, 0.4) is 0 Å². The van der Waals surface area contributed by atoms with E-state index < -0.39 is 18.4 Å². The summed E-state index contributed by atoms with van der Waals surface area (Å²) in [6, 6.07) is 15.2. The summed E-state index contributed by atoms with van der Waals surface area (Å²) < 4.78 is 25.2. The quantitative estimate of drug-likeness (QED) is 0.285. The number of unbranched alkanes of at least 4 members (excludes halogenated alkanes) is 3. The van der Waals surface area contributed by atoms with Gasteiger partial charge in [0.05, 0.1) is 0 Å². The fraction of sp³-hybridized carbons (Fsp3) is 0.500. The SMILES string of the molecule is CCC[CH2][Sn]([CH2]CCC)([CH2]CCC)[c]1cccc(Oc2ccc(F)cc2)c1. The molecule has 0 spiro atoms. The molecule has 0 heterocycles. The predicted octanol–water partition coefficient (Wildman–Crippen LogP) is 7.67. The van der Waals surface area contributed by atoms with Crippen LogP contribution in [0, 0.1) is 5.82 Å². The summed E-state index contributed by atoms with van der Waals surface area (Å²) in [4.78, 5) is 0. The van der Waals surface area contributed by atoms with Crippen molar-refractivity contribution in [2.45, 2.75) is 72.6 Å². The standard InChI is InChI=1S/C12H8FO.3C4H9.Sn/c13-10-6-8-12(9-7-10)14-11-4-2-1-3-5-11;3*1-3-4-2;/h1-2,4-9H;3*1,3-4H2,2H3;. The summed E-state index contributed by atoms with van der Waals surface area (Å²) in [5, 5.41) is 0. The van der Waals surface area contributed by atoms with E-state index in [-0.39, 0.29) is 5.82 Å². The Morgan fingerprint density at radius 3 is 1.81 bits per heavy atom. The van der Waals surface area contributed by atoms with Crippen LogP contribution >= 0.6 is 0 Å². The third-order valence-electron chi connectivity index (χ3n) is 5.52. The van der Waals surface area contributed by atoms with E-state index in [1.165, 1.54) is 64.0 Å². The first-order valence-electron chi connectivity index (χ1n) is 10.7. The van der Waals surface area contributed by atoms with Crippen LogP contribution < -0.4 is 8.32 Å². The van der Waals surface area contributed by atoms with Crippen LogP contribution in [-0.4, -0.2) is 18.4 Å². The van der Waals surface area contributed by atoms with Crippen molar-refractivity contribution in [2.75, 3.05) is 0 Å². The van der Waals surface area contributed by atoms with Crippen LogP contribution in [-0.2, 0) is 0 Å². The first-order valence-corrected chi connectivity index (χ1v) is 18.2. The summed E-state index contributed by atoms with van der Waals surface area (Å²) in [7, 11) is 0. The van der Waals surface area contributed by atoms with E-state index in [9.17, 15) is 4.39 Å². The molecule has 0 aliphatic heterocycles. The second kappa shape index (κ2) is 11.7. The van der Waals surface area contributed by atoms with Gasteiger partial charge in [-0.2, -0.15) is 0 Å². The van der Waals surface area contributed by atoms with Gasteiger partial charge in [0, 0.05) is 0 Å². The van der Waals surface area contributed by atoms with Gasteiger partial charge in [0.15, 0.2) is 0 Å². The molecule has 1 nitrogen and oxygen atoms in total. The number of benzene rings is 2. The van der Waals surface area contributed by atoms with E-state index in [1.54, 1.807) is 15.7 Å². The van der Waals surface area contributed by atoms with Gasteiger partial charge in [0.1, 0.15) is 0 Å². The molecule has 0 bridgehead atoms. The van der Waals surface area contributed by atoms with Crippen molar-refractivity contribution in [1.82, 2.24) is 0 Å². The first kappa shape index (κ1) is 22.3. The van der Waals surface area contributed by atoms with E-state index in [2.05, 4.69) is 39.0 Å². The predicted molar refractivity (Wildman–Crippen MR) is 117 cm³/mol. The van der Waals surface area contributed by atoms with Gasteiger partial charge in [-0.15, -0.1) is 0 Å². The number of hydrogen-bond donors (Lipinski definition) is 0. The number of halogens is 1. The Balaban J connectivity index is 2.30. The Hall–Kier alpha value is -1.03. The molecule has 0 aromatic heterocycles. The van der Waals surface area contributed by atoms with Gasteiger partial charge in [-0.3, -0.25) is 0 Å². The molecule has 0 atom stereocenters. The van der Waals surface area contributed by atoms with Gasteiger partial charge < -0.3 is 0 Å². The molecule has 0 fully saturated rings. The number of ether oxygens (including phenoxy) is 1. The third kappa shape index (κ3) is 6.81. The molecule has 27 heavy (non-hydrogen) atoms. The first-order chi connectivity index (χ1) is 13.1. The molecular formula is C24H35FOSn. The summed E-state index contributed by atoms with van der Waals surface area (Å²) in [6.45, 7) is 6.93. The van der Waals surface area contributed by atoms with Crippen molar-refractivity contribution in [3.8, 4) is 11.5 Å². The molecule has 0 amide bonds. The monoisotopic (exact) mass is 478 g/mol. The Kier molecular flexibility index (Phi) is 9.67. The summed E-state index contributed by atoms with van der Waals surface area (Å²) >= 11 is -2.44. The van der Waals surface area contributed by atoms with Gasteiger partial charge in [-0.25, -0.2) is 0 Å². The Bertz CT molecular complexity index is 647. The third-order valence-corrected chi connectivity index (χ3v) is 21.1. The maximum atomic E-state index is 13.2. The van der Waals surface area contributed by atoms with Crippen LogP contribution in [0.4, 0.5) is 4.39 Å². The minimum atomic E-state index is -2.44. The van der Waals surface area contributed by atoms with Crippen molar-refractivity contribution in [2.24, 2.45) is 0 Å². The Morgan fingerprint density at radius 1 is 0.741 bits per heavy atom. The topological polar surface area (TPSA) is 9.23 Å². The number of rotatable bonds is 12. The fourth-order valence-corrected chi connectivity index (χ4v) is 19.9. The molecular weight excluding hydrogens is 442 g/mol. The summed E-state index contributed by atoms with van der Waals surface area (Å²) in [5.41, 5.74) is 0. The zero-order chi connectivity index (χ0) is 19.5. The zero-order valence-corrected chi connectivity index (χ0v) is 20.1. The van der Waals surface area contributed by atoms with Crippen LogP contribution in [0.5, 0.6) is 11.5 Å². The molecule has 0 saturated carbocycles. The minimum absolute atomic E-state index is 0.231. The Labute approximate surface area is 169 Å². The molecule has 0 radical (unpaired) electrons. The maximum absolute atomic E-state index is 13.2. The van der Waals surface area contributed by atoms with Crippen LogP contribution in [0.15, 0.2) is 48.5 Å². The van der Waals surface area contributed by atoms with E-state index >= 15 is 0 Å². The second-order valence-corrected chi connectivity index (χ2v) is 20.9. The average molecular weight is 477 g/mol. The van der Waals surface area contributed by atoms with Gasteiger partial charge in [-0.1, -0.05) is 0 Å². The molecule has 0 unspecified atom stereocenters. The van der Waals surface area contributed by atoms with E-state index in [0.717, 1.165) is 5.75 Å². The van der Waals surface area contributed by atoms with Crippen LogP contribution in [0.1, 0.15) is 59.3 Å². The molecule has 0 aliphatic carbocycles. The van der Waals surface area contributed by atoms with E-state index in [1.807, 2.05) is 6.07 Å². The van der Waals surface area contributed by atoms with Crippen LogP contribution in [0.2, 0.25) is 13.3 Å². The molecule has 3 heteroatoms. The van der Waals surface area contributed by atoms with Crippen LogP contribution in [0.25, 0.3) is 0 Å². The van der Waals surface area contributed by atoms with Gasteiger partial charge in [0.25, 0.3) is 0 Å². The van der Waals surface area contributed by atoms with Gasteiger partial charge in [-0.05, 0) is 0 Å².